The molecule has 0 radical (unpaired) electrons. The maximum Gasteiger partial charge on any atom is 0.130 e. The van der Waals surface area contributed by atoms with E-state index < -0.39 is 11.6 Å². The second kappa shape index (κ2) is 4.09. The molecule has 1 atom stereocenters. The Morgan fingerprint density at radius 3 is 2.21 bits per heavy atom. The number of carbonyl (C=O) groups excluding carboxylic acids is 1. The molecular formula is C11H12ClFO. The third kappa shape index (κ3) is 2.55. The van der Waals surface area contributed by atoms with Gasteiger partial charge in [0.25, 0.3) is 0 Å². The van der Waals surface area contributed by atoms with Gasteiger partial charge in [-0.15, -0.1) is 0 Å². The Bertz CT molecular complexity index is 313. The Morgan fingerprint density at radius 1 is 1.36 bits per heavy atom. The van der Waals surface area contributed by atoms with Gasteiger partial charge in [0.2, 0.25) is 0 Å². The highest BCUT2D eigenvalue weighted by Gasteiger charge is 2.29. The summed E-state index contributed by atoms with van der Waals surface area (Å²) >= 11 is 5.69. The second-order valence-electron chi connectivity index (χ2n) is 3.73. The first-order valence-corrected chi connectivity index (χ1v) is 4.72. The largest absolute Gasteiger partial charge is 0.303 e. The van der Waals surface area contributed by atoms with Crippen LogP contribution in [0.25, 0.3) is 0 Å². The molecule has 0 aliphatic carbocycles. The van der Waals surface area contributed by atoms with Crippen molar-refractivity contribution in [3.05, 3.63) is 34.9 Å². The van der Waals surface area contributed by atoms with Crippen molar-refractivity contribution in [3.63, 3.8) is 0 Å². The Kier molecular flexibility index (Phi) is 3.27. The molecule has 0 aliphatic heterocycles. The fourth-order valence-electron chi connectivity index (χ4n) is 1.31. The summed E-state index contributed by atoms with van der Waals surface area (Å²) in [5.41, 5.74) is -0.896. The lowest BCUT2D eigenvalue weighted by molar-refractivity contribution is -0.111. The quantitative estimate of drug-likeness (QED) is 0.705. The van der Waals surface area contributed by atoms with E-state index >= 15 is 0 Å². The summed E-state index contributed by atoms with van der Waals surface area (Å²) in [5.74, 6) is -0.736. The van der Waals surface area contributed by atoms with Crippen LogP contribution in [-0.2, 0) is 4.79 Å². The maximum absolute atomic E-state index is 13.6. The van der Waals surface area contributed by atoms with Gasteiger partial charge in [-0.3, -0.25) is 0 Å². The van der Waals surface area contributed by atoms with E-state index in [1.54, 1.807) is 24.3 Å². The van der Waals surface area contributed by atoms with Gasteiger partial charge in [-0.1, -0.05) is 23.7 Å². The van der Waals surface area contributed by atoms with E-state index in [0.29, 0.717) is 16.9 Å². The molecular weight excluding hydrogens is 203 g/mol. The molecule has 1 aromatic rings. The molecule has 0 saturated heterocycles. The van der Waals surface area contributed by atoms with Crippen molar-refractivity contribution in [2.24, 2.45) is 0 Å². The fraction of sp³-hybridized carbons (Fsp3) is 0.364. The second-order valence-corrected chi connectivity index (χ2v) is 4.17. The molecule has 3 heteroatoms. The van der Waals surface area contributed by atoms with Crippen LogP contribution in [-0.4, -0.2) is 12.0 Å². The number of benzene rings is 1. The standard InChI is InChI=1S/C11H12ClFO/c1-11(2,13)10(7-14)8-3-5-9(12)6-4-8/h3-7,10H,1-2H3. The number of rotatable bonds is 3. The third-order valence-electron chi connectivity index (χ3n) is 2.10. The van der Waals surface area contributed by atoms with Crippen LogP contribution in [0.4, 0.5) is 4.39 Å². The van der Waals surface area contributed by atoms with Crippen molar-refractivity contribution in [2.75, 3.05) is 0 Å². The average molecular weight is 215 g/mol. The van der Waals surface area contributed by atoms with E-state index in [2.05, 4.69) is 0 Å². The third-order valence-corrected chi connectivity index (χ3v) is 2.36. The number of hydrogen-bond acceptors (Lipinski definition) is 1. The number of carbonyl (C=O) groups is 1. The summed E-state index contributed by atoms with van der Waals surface area (Å²) in [4.78, 5) is 10.8. The minimum atomic E-state index is -1.55. The highest BCUT2D eigenvalue weighted by molar-refractivity contribution is 6.30. The fourth-order valence-corrected chi connectivity index (χ4v) is 1.43. The first-order valence-electron chi connectivity index (χ1n) is 4.35. The van der Waals surface area contributed by atoms with Crippen LogP contribution in [0, 0.1) is 0 Å². The van der Waals surface area contributed by atoms with Gasteiger partial charge in [-0.2, -0.15) is 0 Å². The first-order chi connectivity index (χ1) is 6.45. The highest BCUT2D eigenvalue weighted by Crippen LogP contribution is 2.30. The zero-order valence-corrected chi connectivity index (χ0v) is 8.88. The Hall–Kier alpha value is -0.890. The molecule has 0 aromatic heterocycles. The van der Waals surface area contributed by atoms with E-state index in [0.717, 1.165) is 0 Å². The number of aldehydes is 1. The van der Waals surface area contributed by atoms with Gasteiger partial charge in [0, 0.05) is 5.02 Å². The molecule has 0 N–H and O–H groups in total. The lowest BCUT2D eigenvalue weighted by Crippen LogP contribution is -2.24. The average Bonchev–Trinajstić information content (AvgIpc) is 2.07. The van der Waals surface area contributed by atoms with Crippen molar-refractivity contribution in [1.29, 1.82) is 0 Å². The van der Waals surface area contributed by atoms with Crippen LogP contribution in [0.5, 0.6) is 0 Å². The molecule has 0 heterocycles. The van der Waals surface area contributed by atoms with Gasteiger partial charge in [0.15, 0.2) is 0 Å². The normalized spacial score (nSPS) is 13.7. The molecule has 0 saturated carbocycles. The van der Waals surface area contributed by atoms with Crippen molar-refractivity contribution < 1.29 is 9.18 Å². The predicted molar refractivity (Wildman–Crippen MR) is 55.4 cm³/mol. The molecule has 1 aromatic carbocycles. The minimum Gasteiger partial charge on any atom is -0.303 e. The molecule has 1 unspecified atom stereocenters. The van der Waals surface area contributed by atoms with E-state index in [9.17, 15) is 9.18 Å². The predicted octanol–water partition coefficient (Wildman–Crippen LogP) is 3.37. The van der Waals surface area contributed by atoms with Crippen LogP contribution in [0.3, 0.4) is 0 Å². The summed E-state index contributed by atoms with van der Waals surface area (Å²) in [7, 11) is 0. The SMILES string of the molecule is CC(C)(F)C(C=O)c1ccc(Cl)cc1. The number of hydrogen-bond donors (Lipinski definition) is 0. The van der Waals surface area contributed by atoms with Crippen molar-refractivity contribution in [3.8, 4) is 0 Å². The van der Waals surface area contributed by atoms with Crippen LogP contribution in [0.1, 0.15) is 25.3 Å². The lowest BCUT2D eigenvalue weighted by atomic mass is 9.87. The van der Waals surface area contributed by atoms with Crippen LogP contribution in [0.15, 0.2) is 24.3 Å². The van der Waals surface area contributed by atoms with E-state index in [1.165, 1.54) is 13.8 Å². The van der Waals surface area contributed by atoms with E-state index in [1.807, 2.05) is 0 Å². The zero-order chi connectivity index (χ0) is 10.8. The van der Waals surface area contributed by atoms with Gasteiger partial charge >= 0.3 is 0 Å². The van der Waals surface area contributed by atoms with Crippen molar-refractivity contribution in [2.45, 2.75) is 25.4 Å². The Morgan fingerprint density at radius 2 is 1.86 bits per heavy atom. The monoisotopic (exact) mass is 214 g/mol. The highest BCUT2D eigenvalue weighted by atomic mass is 35.5. The van der Waals surface area contributed by atoms with Gasteiger partial charge in [0.1, 0.15) is 12.0 Å². The van der Waals surface area contributed by atoms with Crippen LogP contribution >= 0.6 is 11.6 Å². The molecule has 0 fully saturated rings. The van der Waals surface area contributed by atoms with Gasteiger partial charge < -0.3 is 4.79 Å². The number of halogens is 2. The lowest BCUT2D eigenvalue weighted by Gasteiger charge is -2.22. The molecule has 0 spiro atoms. The molecule has 14 heavy (non-hydrogen) atoms. The van der Waals surface area contributed by atoms with Crippen LogP contribution in [0.2, 0.25) is 5.02 Å². The van der Waals surface area contributed by atoms with Crippen molar-refractivity contribution >= 4 is 17.9 Å². The molecule has 1 rings (SSSR count). The molecule has 0 amide bonds. The zero-order valence-electron chi connectivity index (χ0n) is 8.13. The Balaban J connectivity index is 3.02. The first kappa shape index (κ1) is 11.2. The summed E-state index contributed by atoms with van der Waals surface area (Å²) in [6, 6.07) is 6.64. The minimum absolute atomic E-state index is 0.579. The van der Waals surface area contributed by atoms with E-state index in [4.69, 9.17) is 11.6 Å². The summed E-state index contributed by atoms with van der Waals surface area (Å²) in [5, 5.41) is 0.579. The Labute approximate surface area is 87.9 Å². The van der Waals surface area contributed by atoms with Gasteiger partial charge in [0.05, 0.1) is 5.92 Å². The van der Waals surface area contributed by atoms with Crippen LogP contribution < -0.4 is 0 Å². The molecule has 0 bridgehead atoms. The molecule has 76 valence electrons. The van der Waals surface area contributed by atoms with Crippen molar-refractivity contribution in [1.82, 2.24) is 0 Å². The number of alkyl halides is 1. The van der Waals surface area contributed by atoms with Gasteiger partial charge in [-0.05, 0) is 31.5 Å². The molecule has 1 nitrogen and oxygen atoms in total. The maximum atomic E-state index is 13.6. The molecule has 0 aliphatic rings. The topological polar surface area (TPSA) is 17.1 Å². The van der Waals surface area contributed by atoms with Gasteiger partial charge in [-0.25, -0.2) is 4.39 Å². The summed E-state index contributed by atoms with van der Waals surface area (Å²) in [6.45, 7) is 2.78. The smallest absolute Gasteiger partial charge is 0.130 e. The summed E-state index contributed by atoms with van der Waals surface area (Å²) in [6.07, 6.45) is 0.628. The summed E-state index contributed by atoms with van der Waals surface area (Å²) < 4.78 is 13.6. The van der Waals surface area contributed by atoms with E-state index in [-0.39, 0.29) is 0 Å².